The molecular weight excluding hydrogens is 332 g/mol. The minimum absolute atomic E-state index is 0.0251. The molecule has 0 unspecified atom stereocenters. The number of aliphatic hydroxyl groups excluding tert-OH is 1. The smallest absolute Gasteiger partial charge is 0.326 e. The molecule has 0 aliphatic rings. The van der Waals surface area contributed by atoms with Gasteiger partial charge in [0.2, 0.25) is 17.7 Å². The molecule has 0 saturated heterocycles. The molecule has 0 aromatic rings. The number of aliphatic carboxylic acids is 1. The Morgan fingerprint density at radius 3 is 1.80 bits per heavy atom. The Kier molecular flexibility index (Phi) is 9.69. The van der Waals surface area contributed by atoms with Gasteiger partial charge in [-0.3, -0.25) is 14.4 Å². The van der Waals surface area contributed by atoms with E-state index < -0.39 is 54.5 Å². The van der Waals surface area contributed by atoms with E-state index in [9.17, 15) is 24.3 Å². The van der Waals surface area contributed by atoms with Gasteiger partial charge in [-0.05, 0) is 26.2 Å². The normalized spacial score (nSPS) is 15.6. The molecule has 10 heteroatoms. The van der Waals surface area contributed by atoms with Gasteiger partial charge in [0, 0.05) is 0 Å². The van der Waals surface area contributed by atoms with Crippen molar-refractivity contribution in [2.45, 2.75) is 58.3 Å². The number of carbonyl (C=O) groups is 4. The summed E-state index contributed by atoms with van der Waals surface area (Å²) in [6.07, 6.45) is 0.202. The third kappa shape index (κ3) is 8.45. The van der Waals surface area contributed by atoms with Gasteiger partial charge in [-0.25, -0.2) is 4.79 Å². The molecule has 0 aliphatic heterocycles. The quantitative estimate of drug-likeness (QED) is 0.260. The summed E-state index contributed by atoms with van der Waals surface area (Å²) in [5.41, 5.74) is 5.38. The van der Waals surface area contributed by atoms with Gasteiger partial charge in [0.05, 0.1) is 12.6 Å². The van der Waals surface area contributed by atoms with Crippen molar-refractivity contribution in [1.29, 1.82) is 0 Å². The molecule has 0 aliphatic carbocycles. The summed E-state index contributed by atoms with van der Waals surface area (Å²) in [5, 5.41) is 25.3. The molecular formula is C15H28N4O6. The van der Waals surface area contributed by atoms with Gasteiger partial charge >= 0.3 is 5.97 Å². The first kappa shape index (κ1) is 22.8. The van der Waals surface area contributed by atoms with Crippen LogP contribution in [0.4, 0.5) is 0 Å². The first-order valence-electron chi connectivity index (χ1n) is 7.99. The maximum Gasteiger partial charge on any atom is 0.326 e. The van der Waals surface area contributed by atoms with Gasteiger partial charge in [0.1, 0.15) is 18.1 Å². The number of hydrogen-bond acceptors (Lipinski definition) is 6. The third-order valence-corrected chi connectivity index (χ3v) is 3.30. The summed E-state index contributed by atoms with van der Waals surface area (Å²) in [4.78, 5) is 46.7. The summed E-state index contributed by atoms with van der Waals surface area (Å²) in [7, 11) is 0. The molecule has 25 heavy (non-hydrogen) atoms. The highest BCUT2D eigenvalue weighted by atomic mass is 16.4. The van der Waals surface area contributed by atoms with E-state index in [-0.39, 0.29) is 12.3 Å². The highest BCUT2D eigenvalue weighted by Gasteiger charge is 2.28. The van der Waals surface area contributed by atoms with Gasteiger partial charge in [-0.1, -0.05) is 13.8 Å². The molecule has 0 bridgehead atoms. The predicted molar refractivity (Wildman–Crippen MR) is 89.3 cm³/mol. The third-order valence-electron chi connectivity index (χ3n) is 3.30. The summed E-state index contributed by atoms with van der Waals surface area (Å²) >= 11 is 0. The van der Waals surface area contributed by atoms with Crippen LogP contribution in [-0.2, 0) is 19.2 Å². The van der Waals surface area contributed by atoms with Crippen molar-refractivity contribution in [2.75, 3.05) is 6.61 Å². The van der Waals surface area contributed by atoms with Crippen molar-refractivity contribution in [3.63, 3.8) is 0 Å². The van der Waals surface area contributed by atoms with Crippen LogP contribution in [0.3, 0.4) is 0 Å². The average Bonchev–Trinajstić information content (AvgIpc) is 2.50. The van der Waals surface area contributed by atoms with Crippen molar-refractivity contribution in [1.82, 2.24) is 16.0 Å². The first-order chi connectivity index (χ1) is 11.5. The van der Waals surface area contributed by atoms with Gasteiger partial charge in [-0.2, -0.15) is 0 Å². The van der Waals surface area contributed by atoms with E-state index in [4.69, 9.17) is 10.8 Å². The lowest BCUT2D eigenvalue weighted by Crippen LogP contribution is -2.57. The lowest BCUT2D eigenvalue weighted by molar-refractivity contribution is -0.143. The molecule has 0 radical (unpaired) electrons. The first-order valence-corrected chi connectivity index (χ1v) is 7.99. The van der Waals surface area contributed by atoms with E-state index in [0.29, 0.717) is 0 Å². The zero-order chi connectivity index (χ0) is 19.7. The Balaban J connectivity index is 4.79. The van der Waals surface area contributed by atoms with Gasteiger partial charge in [0.15, 0.2) is 0 Å². The lowest BCUT2D eigenvalue weighted by atomic mass is 10.0. The molecule has 0 rings (SSSR count). The second-order valence-electron chi connectivity index (χ2n) is 6.29. The number of rotatable bonds is 10. The zero-order valence-electron chi connectivity index (χ0n) is 14.9. The van der Waals surface area contributed by atoms with Crippen molar-refractivity contribution in [3.8, 4) is 0 Å². The highest BCUT2D eigenvalue weighted by Crippen LogP contribution is 2.05. The van der Waals surface area contributed by atoms with E-state index in [0.717, 1.165) is 0 Å². The van der Waals surface area contributed by atoms with E-state index in [1.54, 1.807) is 13.8 Å². The van der Waals surface area contributed by atoms with Gasteiger partial charge in [0.25, 0.3) is 0 Å². The molecule has 144 valence electrons. The van der Waals surface area contributed by atoms with Crippen LogP contribution in [0.1, 0.15) is 34.1 Å². The van der Waals surface area contributed by atoms with Crippen molar-refractivity contribution < 1.29 is 29.4 Å². The Hall–Kier alpha value is -2.20. The monoisotopic (exact) mass is 360 g/mol. The molecule has 0 heterocycles. The fourth-order valence-electron chi connectivity index (χ4n) is 1.87. The number of aliphatic hydroxyl groups is 1. The summed E-state index contributed by atoms with van der Waals surface area (Å²) in [5.74, 6) is -3.26. The van der Waals surface area contributed by atoms with E-state index >= 15 is 0 Å². The van der Waals surface area contributed by atoms with Crippen LogP contribution in [0.2, 0.25) is 0 Å². The number of nitrogens with two attached hydrogens (primary N) is 1. The van der Waals surface area contributed by atoms with Crippen molar-refractivity contribution in [2.24, 2.45) is 11.7 Å². The standard InChI is InChI=1S/C15H28N4O6/c1-7(2)5-10(15(24)25)18-14(23)11(6-20)19-13(22)9(4)17-12(21)8(3)16/h7-11,20H,5-6,16H2,1-4H3,(H,17,21)(H,18,23)(H,19,22)(H,24,25)/t8-,9-,10-,11-/m0/s1. The number of nitrogens with one attached hydrogen (secondary N) is 3. The van der Waals surface area contributed by atoms with Crippen LogP contribution >= 0.6 is 0 Å². The molecule has 0 aromatic heterocycles. The minimum Gasteiger partial charge on any atom is -0.480 e. The molecule has 0 aromatic carbocycles. The van der Waals surface area contributed by atoms with E-state index in [2.05, 4.69) is 16.0 Å². The predicted octanol–water partition coefficient (Wildman–Crippen LogP) is -2.07. The Morgan fingerprint density at radius 2 is 1.40 bits per heavy atom. The number of carbonyl (C=O) groups excluding carboxylic acids is 3. The fraction of sp³-hybridized carbons (Fsp3) is 0.733. The maximum atomic E-state index is 12.1. The van der Waals surface area contributed by atoms with Crippen molar-refractivity contribution in [3.05, 3.63) is 0 Å². The molecule has 7 N–H and O–H groups in total. The summed E-state index contributed by atoms with van der Waals surface area (Å²) in [6.45, 7) is 5.72. The Bertz CT molecular complexity index is 494. The molecule has 10 nitrogen and oxygen atoms in total. The van der Waals surface area contributed by atoms with Crippen LogP contribution in [0.15, 0.2) is 0 Å². The molecule has 0 spiro atoms. The Morgan fingerprint density at radius 1 is 0.880 bits per heavy atom. The molecule has 0 fully saturated rings. The minimum atomic E-state index is -1.34. The van der Waals surface area contributed by atoms with Crippen molar-refractivity contribution >= 4 is 23.7 Å². The SMILES string of the molecule is CC(C)C[C@H](NC(=O)[C@H](CO)NC(=O)[C@H](C)NC(=O)[C@H](C)N)C(=O)O. The topological polar surface area (TPSA) is 171 Å². The number of carboxylic acid groups (broad SMARTS) is 1. The summed E-state index contributed by atoms with van der Waals surface area (Å²) in [6, 6.07) is -4.25. The Labute approximate surface area is 146 Å². The number of carboxylic acids is 1. The van der Waals surface area contributed by atoms with Gasteiger partial charge in [-0.15, -0.1) is 0 Å². The lowest BCUT2D eigenvalue weighted by Gasteiger charge is -2.22. The van der Waals surface area contributed by atoms with Crippen LogP contribution in [-0.4, -0.2) is 64.7 Å². The second-order valence-corrected chi connectivity index (χ2v) is 6.29. The van der Waals surface area contributed by atoms with Crippen LogP contribution in [0.5, 0.6) is 0 Å². The second kappa shape index (κ2) is 10.6. The molecule has 0 saturated carbocycles. The zero-order valence-corrected chi connectivity index (χ0v) is 14.9. The fourth-order valence-corrected chi connectivity index (χ4v) is 1.87. The maximum absolute atomic E-state index is 12.1. The number of amides is 3. The van der Waals surface area contributed by atoms with E-state index in [1.165, 1.54) is 13.8 Å². The molecule has 3 amide bonds. The van der Waals surface area contributed by atoms with Crippen LogP contribution in [0.25, 0.3) is 0 Å². The number of hydrogen-bond donors (Lipinski definition) is 6. The van der Waals surface area contributed by atoms with Crippen LogP contribution in [0, 0.1) is 5.92 Å². The summed E-state index contributed by atoms with van der Waals surface area (Å²) < 4.78 is 0. The highest BCUT2D eigenvalue weighted by molar-refractivity contribution is 5.93. The van der Waals surface area contributed by atoms with E-state index in [1.807, 2.05) is 0 Å². The molecule has 4 atom stereocenters. The van der Waals surface area contributed by atoms with Crippen LogP contribution < -0.4 is 21.7 Å². The van der Waals surface area contributed by atoms with Gasteiger partial charge < -0.3 is 31.9 Å². The average molecular weight is 360 g/mol. The largest absolute Gasteiger partial charge is 0.480 e.